The Kier molecular flexibility index (Phi) is 5.37. The van der Waals surface area contributed by atoms with Gasteiger partial charge < -0.3 is 0 Å². The van der Waals surface area contributed by atoms with Crippen LogP contribution in [0, 0.1) is 0 Å². The van der Waals surface area contributed by atoms with Crippen LogP contribution in [0.3, 0.4) is 0 Å². The Morgan fingerprint density at radius 1 is 0.741 bits per heavy atom. The number of benzene rings is 1. The molecule has 3 aromatic heterocycles. The van der Waals surface area contributed by atoms with Crippen molar-refractivity contribution in [1.82, 2.24) is 19.9 Å². The van der Waals surface area contributed by atoms with E-state index in [0.29, 0.717) is 11.6 Å². The van der Waals surface area contributed by atoms with Crippen molar-refractivity contribution in [3.8, 4) is 0 Å². The third-order valence-electron chi connectivity index (χ3n) is 4.37. The van der Waals surface area contributed by atoms with Crippen molar-refractivity contribution in [3.05, 3.63) is 101 Å². The van der Waals surface area contributed by atoms with Crippen molar-refractivity contribution in [2.45, 2.75) is 19.6 Å². The number of hydrogen-bond acceptors (Lipinski definition) is 4. The standard InChI is InChI=1S/C22H19ClN4/c23-21-7-1-6-19-8-9-20(26-22(19)21)16-27(14-17-4-2-10-24-12-17)15-18-5-3-11-25-13-18/h1-13H,14-16H2. The number of rotatable bonds is 6. The van der Waals surface area contributed by atoms with Gasteiger partial charge in [0, 0.05) is 49.8 Å². The van der Waals surface area contributed by atoms with Crippen LogP contribution in [0.5, 0.6) is 0 Å². The monoisotopic (exact) mass is 374 g/mol. The summed E-state index contributed by atoms with van der Waals surface area (Å²) in [5.41, 5.74) is 4.17. The maximum Gasteiger partial charge on any atom is 0.0891 e. The van der Waals surface area contributed by atoms with Gasteiger partial charge in [-0.1, -0.05) is 41.9 Å². The summed E-state index contributed by atoms with van der Waals surface area (Å²) >= 11 is 6.33. The van der Waals surface area contributed by atoms with E-state index in [1.165, 1.54) is 11.1 Å². The first-order valence-corrected chi connectivity index (χ1v) is 9.20. The minimum Gasteiger partial charge on any atom is -0.289 e. The van der Waals surface area contributed by atoms with Crippen LogP contribution in [0.2, 0.25) is 5.02 Å². The topological polar surface area (TPSA) is 41.9 Å². The Hall–Kier alpha value is -2.82. The summed E-state index contributed by atoms with van der Waals surface area (Å²) in [5.74, 6) is 0. The van der Waals surface area contributed by atoms with E-state index in [2.05, 4.69) is 39.1 Å². The number of halogens is 1. The van der Waals surface area contributed by atoms with Crippen molar-refractivity contribution in [3.63, 3.8) is 0 Å². The quantitative estimate of drug-likeness (QED) is 0.482. The van der Waals surface area contributed by atoms with Crippen LogP contribution in [0.4, 0.5) is 0 Å². The van der Waals surface area contributed by atoms with Gasteiger partial charge in [0.25, 0.3) is 0 Å². The lowest BCUT2D eigenvalue weighted by Crippen LogP contribution is -2.23. The second kappa shape index (κ2) is 8.25. The van der Waals surface area contributed by atoms with Crippen LogP contribution in [0.1, 0.15) is 16.8 Å². The minimum atomic E-state index is 0.681. The summed E-state index contributed by atoms with van der Waals surface area (Å²) in [4.78, 5) is 15.6. The number of fused-ring (bicyclic) bond motifs is 1. The molecule has 1 aromatic carbocycles. The Balaban J connectivity index is 1.61. The second-order valence-electron chi connectivity index (χ2n) is 6.48. The minimum absolute atomic E-state index is 0.681. The number of aromatic nitrogens is 3. The van der Waals surface area contributed by atoms with E-state index in [-0.39, 0.29) is 0 Å². The van der Waals surface area contributed by atoms with E-state index >= 15 is 0 Å². The molecule has 0 fully saturated rings. The zero-order valence-electron chi connectivity index (χ0n) is 14.8. The molecular weight excluding hydrogens is 356 g/mol. The second-order valence-corrected chi connectivity index (χ2v) is 6.89. The summed E-state index contributed by atoms with van der Waals surface area (Å²) in [6.45, 7) is 2.28. The van der Waals surface area contributed by atoms with Crippen LogP contribution in [-0.4, -0.2) is 19.9 Å². The van der Waals surface area contributed by atoms with Gasteiger partial charge >= 0.3 is 0 Å². The molecule has 5 heteroatoms. The lowest BCUT2D eigenvalue weighted by molar-refractivity contribution is 0.244. The van der Waals surface area contributed by atoms with Crippen LogP contribution < -0.4 is 0 Å². The molecule has 0 N–H and O–H groups in total. The van der Waals surface area contributed by atoms with Gasteiger partial charge in [0.15, 0.2) is 0 Å². The Morgan fingerprint density at radius 3 is 2.07 bits per heavy atom. The fraction of sp³-hybridized carbons (Fsp3) is 0.136. The van der Waals surface area contributed by atoms with E-state index in [1.54, 1.807) is 12.4 Å². The first-order valence-electron chi connectivity index (χ1n) is 8.82. The highest BCUT2D eigenvalue weighted by Gasteiger charge is 2.11. The molecule has 0 radical (unpaired) electrons. The summed E-state index contributed by atoms with van der Waals surface area (Å²) in [7, 11) is 0. The molecular formula is C22H19ClN4. The highest BCUT2D eigenvalue weighted by atomic mass is 35.5. The summed E-state index contributed by atoms with van der Waals surface area (Å²) < 4.78 is 0. The molecule has 0 aliphatic heterocycles. The third-order valence-corrected chi connectivity index (χ3v) is 4.68. The fourth-order valence-electron chi connectivity index (χ4n) is 3.14. The zero-order valence-corrected chi connectivity index (χ0v) is 15.5. The molecule has 27 heavy (non-hydrogen) atoms. The summed E-state index contributed by atoms with van der Waals surface area (Å²) in [5, 5.41) is 1.73. The van der Waals surface area contributed by atoms with Crippen LogP contribution in [0.15, 0.2) is 79.4 Å². The highest BCUT2D eigenvalue weighted by molar-refractivity contribution is 6.35. The van der Waals surface area contributed by atoms with Gasteiger partial charge in [-0.2, -0.15) is 0 Å². The van der Waals surface area contributed by atoms with Crippen molar-refractivity contribution in [1.29, 1.82) is 0 Å². The number of pyridine rings is 3. The smallest absolute Gasteiger partial charge is 0.0891 e. The zero-order chi connectivity index (χ0) is 18.5. The van der Waals surface area contributed by atoms with Gasteiger partial charge in [-0.25, -0.2) is 4.98 Å². The SMILES string of the molecule is Clc1cccc2ccc(CN(Cc3cccnc3)Cc3cccnc3)nc12. The number of para-hydroxylation sites is 1. The van der Waals surface area contributed by atoms with Crippen LogP contribution in [-0.2, 0) is 19.6 Å². The number of hydrogen-bond donors (Lipinski definition) is 0. The van der Waals surface area contributed by atoms with Gasteiger partial charge in [0.1, 0.15) is 0 Å². The molecule has 0 aliphatic carbocycles. The predicted octanol–water partition coefficient (Wildman–Crippen LogP) is 4.88. The van der Waals surface area contributed by atoms with Gasteiger partial charge in [0.2, 0.25) is 0 Å². The molecule has 4 aromatic rings. The Bertz CT molecular complexity index is 981. The van der Waals surface area contributed by atoms with Crippen molar-refractivity contribution in [2.75, 3.05) is 0 Å². The first kappa shape index (κ1) is 17.6. The maximum absolute atomic E-state index is 6.33. The Labute approximate surface area is 163 Å². The molecule has 4 nitrogen and oxygen atoms in total. The molecule has 134 valence electrons. The maximum atomic E-state index is 6.33. The molecule has 0 bridgehead atoms. The molecule has 0 saturated heterocycles. The van der Waals surface area contributed by atoms with E-state index in [4.69, 9.17) is 16.6 Å². The predicted molar refractivity (Wildman–Crippen MR) is 108 cm³/mol. The van der Waals surface area contributed by atoms with Gasteiger partial charge in [-0.05, 0) is 35.4 Å². The molecule has 0 unspecified atom stereocenters. The first-order chi connectivity index (χ1) is 13.3. The highest BCUT2D eigenvalue weighted by Crippen LogP contribution is 2.22. The van der Waals surface area contributed by atoms with Crippen LogP contribution >= 0.6 is 11.6 Å². The lowest BCUT2D eigenvalue weighted by Gasteiger charge is -2.22. The van der Waals surface area contributed by atoms with Gasteiger partial charge in [-0.15, -0.1) is 0 Å². The molecule has 0 saturated carbocycles. The molecule has 0 spiro atoms. The lowest BCUT2D eigenvalue weighted by atomic mass is 10.2. The third kappa shape index (κ3) is 4.48. The Morgan fingerprint density at radius 2 is 1.44 bits per heavy atom. The van der Waals surface area contributed by atoms with E-state index in [1.807, 2.05) is 42.7 Å². The van der Waals surface area contributed by atoms with Crippen LogP contribution in [0.25, 0.3) is 10.9 Å². The van der Waals surface area contributed by atoms with E-state index < -0.39 is 0 Å². The summed E-state index contributed by atoms with van der Waals surface area (Å²) in [6, 6.07) is 18.1. The average Bonchev–Trinajstić information content (AvgIpc) is 2.70. The van der Waals surface area contributed by atoms with Crippen molar-refractivity contribution in [2.24, 2.45) is 0 Å². The molecule has 3 heterocycles. The number of nitrogens with zero attached hydrogens (tertiary/aromatic N) is 4. The fourth-order valence-corrected chi connectivity index (χ4v) is 3.36. The molecule has 0 atom stereocenters. The van der Waals surface area contributed by atoms with Crippen molar-refractivity contribution >= 4 is 22.5 Å². The molecule has 0 amide bonds. The van der Waals surface area contributed by atoms with Crippen molar-refractivity contribution < 1.29 is 0 Å². The molecule has 0 aliphatic rings. The van der Waals surface area contributed by atoms with E-state index in [9.17, 15) is 0 Å². The van der Waals surface area contributed by atoms with E-state index in [0.717, 1.165) is 29.7 Å². The largest absolute Gasteiger partial charge is 0.289 e. The normalized spacial score (nSPS) is 11.2. The molecule has 4 rings (SSSR count). The van der Waals surface area contributed by atoms with Gasteiger partial charge in [0.05, 0.1) is 16.2 Å². The summed E-state index contributed by atoms with van der Waals surface area (Å²) in [6.07, 6.45) is 7.39. The average molecular weight is 375 g/mol. The van der Waals surface area contributed by atoms with Gasteiger partial charge in [-0.3, -0.25) is 14.9 Å².